The molecular formula is C18H18FNO3S. The number of rotatable bonds is 5. The average molecular weight is 347 g/mol. The van der Waals surface area contributed by atoms with Crippen molar-refractivity contribution in [3.05, 3.63) is 52.7 Å². The van der Waals surface area contributed by atoms with Crippen molar-refractivity contribution < 1.29 is 18.7 Å². The Morgan fingerprint density at radius 2 is 1.92 bits per heavy atom. The fourth-order valence-corrected chi connectivity index (χ4v) is 3.07. The summed E-state index contributed by atoms with van der Waals surface area (Å²) < 4.78 is 18.2. The molecule has 24 heavy (non-hydrogen) atoms. The number of anilines is 1. The van der Waals surface area contributed by atoms with Gasteiger partial charge in [-0.05, 0) is 38.5 Å². The monoisotopic (exact) mass is 347 g/mol. The van der Waals surface area contributed by atoms with Crippen molar-refractivity contribution in [2.45, 2.75) is 20.8 Å². The fraction of sp³-hybridized carbons (Fsp3) is 0.222. The predicted octanol–water partition coefficient (Wildman–Crippen LogP) is 4.64. The maximum Gasteiger partial charge on any atom is 0.341 e. The number of benzene rings is 1. The molecule has 4 nitrogen and oxygen atoms in total. The molecule has 0 spiro atoms. The molecule has 126 valence electrons. The van der Waals surface area contributed by atoms with Crippen LogP contribution >= 0.6 is 11.3 Å². The number of hydrogen-bond acceptors (Lipinski definition) is 4. The molecule has 0 saturated carbocycles. The molecule has 0 radical (unpaired) electrons. The van der Waals surface area contributed by atoms with Gasteiger partial charge in [0.05, 0.1) is 6.61 Å². The summed E-state index contributed by atoms with van der Waals surface area (Å²) in [5.41, 5.74) is 2.41. The van der Waals surface area contributed by atoms with E-state index in [1.165, 1.54) is 29.5 Å². The molecule has 0 saturated heterocycles. The van der Waals surface area contributed by atoms with E-state index in [2.05, 4.69) is 5.32 Å². The number of allylic oxidation sites excluding steroid dienone is 1. The van der Waals surface area contributed by atoms with E-state index in [9.17, 15) is 14.0 Å². The number of halogens is 1. The van der Waals surface area contributed by atoms with Crippen molar-refractivity contribution in [1.29, 1.82) is 0 Å². The number of ether oxygens (including phenoxy) is 1. The Bertz CT molecular complexity index is 774. The fourth-order valence-electron chi connectivity index (χ4n) is 2.11. The Hall–Kier alpha value is -2.47. The third kappa shape index (κ3) is 4.29. The smallest absolute Gasteiger partial charge is 0.341 e. The number of amides is 1. The zero-order chi connectivity index (χ0) is 17.7. The molecule has 0 bridgehead atoms. The molecule has 0 aliphatic heterocycles. The molecular weight excluding hydrogens is 329 g/mol. The van der Waals surface area contributed by atoms with Crippen LogP contribution in [0.4, 0.5) is 9.39 Å². The van der Waals surface area contributed by atoms with Crippen LogP contribution in [-0.4, -0.2) is 18.5 Å². The average Bonchev–Trinajstić information content (AvgIpc) is 2.91. The van der Waals surface area contributed by atoms with Gasteiger partial charge in [-0.15, -0.1) is 11.3 Å². The summed E-state index contributed by atoms with van der Waals surface area (Å²) in [6, 6.07) is 5.82. The van der Waals surface area contributed by atoms with Crippen molar-refractivity contribution in [3.63, 3.8) is 0 Å². The Morgan fingerprint density at radius 1 is 1.25 bits per heavy atom. The van der Waals surface area contributed by atoms with Crippen LogP contribution in [0.2, 0.25) is 0 Å². The highest BCUT2D eigenvalue weighted by Gasteiger charge is 2.22. The van der Waals surface area contributed by atoms with Gasteiger partial charge < -0.3 is 10.1 Å². The van der Waals surface area contributed by atoms with Crippen LogP contribution in [0.1, 0.15) is 31.1 Å². The Morgan fingerprint density at radius 3 is 2.50 bits per heavy atom. The summed E-state index contributed by atoms with van der Waals surface area (Å²) in [6.45, 7) is 5.55. The lowest BCUT2D eigenvalue weighted by Crippen LogP contribution is -2.12. The van der Waals surface area contributed by atoms with E-state index in [0.29, 0.717) is 16.1 Å². The Kier molecular flexibility index (Phi) is 5.87. The number of thiophene rings is 1. The molecule has 1 amide bonds. The molecule has 1 N–H and O–H groups in total. The van der Waals surface area contributed by atoms with Crippen LogP contribution < -0.4 is 5.32 Å². The summed E-state index contributed by atoms with van der Waals surface area (Å²) >= 11 is 1.23. The van der Waals surface area contributed by atoms with E-state index in [1.54, 1.807) is 24.4 Å². The molecule has 0 aliphatic rings. The zero-order valence-electron chi connectivity index (χ0n) is 13.7. The first-order valence-electron chi connectivity index (χ1n) is 7.42. The highest BCUT2D eigenvalue weighted by molar-refractivity contribution is 7.15. The van der Waals surface area contributed by atoms with Crippen LogP contribution in [0.5, 0.6) is 0 Å². The van der Waals surface area contributed by atoms with Gasteiger partial charge in [-0.1, -0.05) is 17.7 Å². The van der Waals surface area contributed by atoms with Crippen molar-refractivity contribution in [2.24, 2.45) is 0 Å². The van der Waals surface area contributed by atoms with Gasteiger partial charge in [-0.3, -0.25) is 4.79 Å². The summed E-state index contributed by atoms with van der Waals surface area (Å²) in [6.07, 6.45) is 1.45. The Balaban J connectivity index is 2.45. The molecule has 0 unspecified atom stereocenters. The minimum atomic E-state index is -0.523. The molecule has 0 fully saturated rings. The summed E-state index contributed by atoms with van der Waals surface area (Å²) in [4.78, 5) is 24.3. The van der Waals surface area contributed by atoms with E-state index >= 15 is 0 Å². The third-order valence-electron chi connectivity index (χ3n) is 3.08. The van der Waals surface area contributed by atoms with Gasteiger partial charge in [-0.2, -0.15) is 0 Å². The molecule has 1 aromatic carbocycles. The second-order valence-corrected chi connectivity index (χ2v) is 6.17. The molecule has 0 atom stereocenters. The zero-order valence-corrected chi connectivity index (χ0v) is 14.5. The first-order valence-corrected chi connectivity index (χ1v) is 8.30. The maximum absolute atomic E-state index is 13.1. The van der Waals surface area contributed by atoms with Gasteiger partial charge in [0.25, 0.3) is 0 Å². The second-order valence-electron chi connectivity index (χ2n) is 5.29. The first-order chi connectivity index (χ1) is 11.4. The van der Waals surface area contributed by atoms with Crippen molar-refractivity contribution in [1.82, 2.24) is 0 Å². The minimum absolute atomic E-state index is 0.221. The lowest BCUT2D eigenvalue weighted by Gasteiger charge is -2.08. The van der Waals surface area contributed by atoms with E-state index in [1.807, 2.05) is 13.8 Å². The van der Waals surface area contributed by atoms with Gasteiger partial charge in [0.1, 0.15) is 16.4 Å². The highest BCUT2D eigenvalue weighted by atomic mass is 32.1. The van der Waals surface area contributed by atoms with Crippen LogP contribution in [0.15, 0.2) is 41.3 Å². The van der Waals surface area contributed by atoms with Gasteiger partial charge >= 0.3 is 5.97 Å². The van der Waals surface area contributed by atoms with Crippen LogP contribution in [0.25, 0.3) is 11.1 Å². The van der Waals surface area contributed by atoms with E-state index in [0.717, 1.165) is 5.57 Å². The number of carbonyl (C=O) groups is 2. The van der Waals surface area contributed by atoms with Crippen LogP contribution in [0.3, 0.4) is 0 Å². The predicted molar refractivity (Wildman–Crippen MR) is 93.7 cm³/mol. The molecule has 0 aliphatic carbocycles. The van der Waals surface area contributed by atoms with E-state index in [4.69, 9.17) is 4.74 Å². The molecule has 6 heteroatoms. The normalized spacial score (nSPS) is 10.2. The van der Waals surface area contributed by atoms with Gasteiger partial charge in [0.15, 0.2) is 0 Å². The van der Waals surface area contributed by atoms with Crippen molar-refractivity contribution in [2.75, 3.05) is 11.9 Å². The quantitative estimate of drug-likeness (QED) is 0.633. The summed E-state index contributed by atoms with van der Waals surface area (Å²) in [7, 11) is 0. The SMILES string of the molecule is CCOC(=O)c1c(-c2ccc(F)cc2)csc1NC(=O)C=C(C)C. The maximum atomic E-state index is 13.1. The number of carbonyl (C=O) groups excluding carboxylic acids is 2. The third-order valence-corrected chi connectivity index (χ3v) is 3.98. The van der Waals surface area contributed by atoms with E-state index in [-0.39, 0.29) is 23.9 Å². The summed E-state index contributed by atoms with van der Waals surface area (Å²) in [5, 5.41) is 4.87. The van der Waals surface area contributed by atoms with Gasteiger partial charge in [0.2, 0.25) is 5.91 Å². The van der Waals surface area contributed by atoms with E-state index < -0.39 is 5.97 Å². The van der Waals surface area contributed by atoms with Crippen LogP contribution in [0, 0.1) is 5.82 Å². The number of nitrogens with one attached hydrogen (secondary N) is 1. The van der Waals surface area contributed by atoms with Gasteiger partial charge in [-0.25, -0.2) is 9.18 Å². The highest BCUT2D eigenvalue weighted by Crippen LogP contribution is 2.36. The van der Waals surface area contributed by atoms with Crippen molar-refractivity contribution >= 4 is 28.2 Å². The molecule has 2 aromatic rings. The molecule has 1 aromatic heterocycles. The van der Waals surface area contributed by atoms with Crippen LogP contribution in [-0.2, 0) is 9.53 Å². The van der Waals surface area contributed by atoms with Crippen molar-refractivity contribution in [3.8, 4) is 11.1 Å². The topological polar surface area (TPSA) is 55.4 Å². The van der Waals surface area contributed by atoms with Gasteiger partial charge in [0, 0.05) is 17.0 Å². The Labute approximate surface area is 144 Å². The largest absolute Gasteiger partial charge is 0.462 e. The molecule has 1 heterocycles. The standard InChI is InChI=1S/C18H18FNO3S/c1-4-23-18(22)16-14(12-5-7-13(19)8-6-12)10-24-17(16)20-15(21)9-11(2)3/h5-10H,4H2,1-3H3,(H,20,21). The minimum Gasteiger partial charge on any atom is -0.462 e. The first kappa shape index (κ1) is 17.9. The molecule has 2 rings (SSSR count). The number of hydrogen-bond donors (Lipinski definition) is 1. The second kappa shape index (κ2) is 7.88. The lowest BCUT2D eigenvalue weighted by atomic mass is 10.0. The summed E-state index contributed by atoms with van der Waals surface area (Å²) in [5.74, 6) is -1.19. The lowest BCUT2D eigenvalue weighted by molar-refractivity contribution is -0.111. The number of esters is 1.